The Morgan fingerprint density at radius 1 is 0.935 bits per heavy atom. The van der Waals surface area contributed by atoms with Crippen molar-refractivity contribution in [3.63, 3.8) is 0 Å². The van der Waals surface area contributed by atoms with Crippen molar-refractivity contribution >= 4 is 46.0 Å². The van der Waals surface area contributed by atoms with Gasteiger partial charge in [-0.05, 0) is 66.4 Å². The molecule has 7 heteroatoms. The van der Waals surface area contributed by atoms with E-state index in [2.05, 4.69) is 15.6 Å². The summed E-state index contributed by atoms with van der Waals surface area (Å²) in [6, 6.07) is 23.1. The van der Waals surface area contributed by atoms with Crippen molar-refractivity contribution in [2.75, 3.05) is 19.5 Å². The topological polar surface area (TPSA) is 72.0 Å². The van der Waals surface area contributed by atoms with Gasteiger partial charge in [0.1, 0.15) is 11.5 Å². The molecule has 1 aliphatic rings. The number of nitrogens with one attached hydrogen (secondary N) is 2. The second-order valence-electron chi connectivity index (χ2n) is 6.63. The van der Waals surface area contributed by atoms with E-state index in [0.717, 1.165) is 22.6 Å². The molecule has 0 unspecified atom stereocenters. The molecule has 6 nitrogen and oxygen atoms in total. The lowest BCUT2D eigenvalue weighted by atomic mass is 10.1. The fourth-order valence-electron chi connectivity index (χ4n) is 2.98. The number of hydrogen-bond acceptors (Lipinski definition) is 6. The molecule has 1 fully saturated rings. The van der Waals surface area contributed by atoms with E-state index in [1.807, 2.05) is 66.7 Å². The molecule has 31 heavy (non-hydrogen) atoms. The van der Waals surface area contributed by atoms with E-state index in [-0.39, 0.29) is 5.91 Å². The molecule has 1 saturated heterocycles. The van der Waals surface area contributed by atoms with E-state index in [1.54, 1.807) is 26.4 Å². The van der Waals surface area contributed by atoms with Crippen molar-refractivity contribution in [1.82, 2.24) is 5.32 Å². The number of hydrogen-bond donors (Lipinski definition) is 2. The summed E-state index contributed by atoms with van der Waals surface area (Å²) in [6.07, 6.45) is 1.79. The maximum absolute atomic E-state index is 12.4. The summed E-state index contributed by atoms with van der Waals surface area (Å²) in [7, 11) is 3.18. The summed E-state index contributed by atoms with van der Waals surface area (Å²) >= 11 is 1.29. The fraction of sp³-hybridized carbons (Fsp3) is 0.0833. The standard InChI is InChI=1S/C24H21N3O3S/c1-29-20-13-8-16(21(15-20)30-2)14-22-23(28)27-24(31-22)26-19-11-9-18(10-12-19)25-17-6-4-3-5-7-17/h3-15,25H,1-2H3,(H,26,27,28)/b22-14-. The molecule has 0 atom stereocenters. The van der Waals surface area contributed by atoms with E-state index in [1.165, 1.54) is 11.8 Å². The number of carbonyl (C=O) groups is 1. The molecule has 0 radical (unpaired) electrons. The highest BCUT2D eigenvalue weighted by atomic mass is 32.2. The Hall–Kier alpha value is -3.71. The molecule has 2 N–H and O–H groups in total. The van der Waals surface area contributed by atoms with Crippen molar-refractivity contribution in [1.29, 1.82) is 0 Å². The third-order valence-electron chi connectivity index (χ3n) is 4.54. The lowest BCUT2D eigenvalue weighted by molar-refractivity contribution is -0.115. The van der Waals surface area contributed by atoms with Crippen LogP contribution in [0.25, 0.3) is 6.08 Å². The lowest BCUT2D eigenvalue weighted by Crippen LogP contribution is -2.19. The van der Waals surface area contributed by atoms with E-state index < -0.39 is 0 Å². The number of methoxy groups -OCH3 is 2. The molecule has 156 valence electrons. The summed E-state index contributed by atoms with van der Waals surface area (Å²) in [5.74, 6) is 1.13. The van der Waals surface area contributed by atoms with Gasteiger partial charge in [-0.25, -0.2) is 4.99 Å². The molecular weight excluding hydrogens is 410 g/mol. The molecule has 1 aliphatic heterocycles. The van der Waals surface area contributed by atoms with Crippen LogP contribution in [0.2, 0.25) is 0 Å². The Kier molecular flexibility index (Phi) is 6.24. The third kappa shape index (κ3) is 5.07. The summed E-state index contributed by atoms with van der Waals surface area (Å²) in [5, 5.41) is 6.68. The Labute approximate surface area is 185 Å². The van der Waals surface area contributed by atoms with Gasteiger partial charge < -0.3 is 20.1 Å². The van der Waals surface area contributed by atoms with Crippen LogP contribution in [0, 0.1) is 0 Å². The number of rotatable bonds is 6. The third-order valence-corrected chi connectivity index (χ3v) is 5.45. The summed E-state index contributed by atoms with van der Waals surface area (Å²) in [5.41, 5.74) is 3.53. The molecule has 3 aromatic carbocycles. The molecule has 0 bridgehead atoms. The summed E-state index contributed by atoms with van der Waals surface area (Å²) in [4.78, 5) is 17.5. The largest absolute Gasteiger partial charge is 0.497 e. The molecule has 0 aliphatic carbocycles. The first-order valence-electron chi connectivity index (χ1n) is 9.58. The predicted molar refractivity (Wildman–Crippen MR) is 127 cm³/mol. The van der Waals surface area contributed by atoms with Gasteiger partial charge in [-0.1, -0.05) is 18.2 Å². The highest BCUT2D eigenvalue weighted by molar-refractivity contribution is 8.18. The average Bonchev–Trinajstić information content (AvgIpc) is 3.14. The number of benzene rings is 3. The normalized spacial score (nSPS) is 15.7. The lowest BCUT2D eigenvalue weighted by Gasteiger charge is -2.07. The number of nitrogens with zero attached hydrogens (tertiary/aromatic N) is 1. The van der Waals surface area contributed by atoms with Gasteiger partial charge in [0.2, 0.25) is 0 Å². The smallest absolute Gasteiger partial charge is 0.264 e. The highest BCUT2D eigenvalue weighted by Gasteiger charge is 2.24. The van der Waals surface area contributed by atoms with Gasteiger partial charge in [-0.2, -0.15) is 0 Å². The first-order valence-corrected chi connectivity index (χ1v) is 10.4. The van der Waals surface area contributed by atoms with Gasteiger partial charge >= 0.3 is 0 Å². The van der Waals surface area contributed by atoms with E-state index >= 15 is 0 Å². The Balaban J connectivity index is 1.48. The Bertz CT molecular complexity index is 1140. The van der Waals surface area contributed by atoms with Crippen LogP contribution in [0.4, 0.5) is 17.1 Å². The number of amides is 1. The molecular formula is C24H21N3O3S. The predicted octanol–water partition coefficient (Wildman–Crippen LogP) is 5.34. The molecule has 3 aromatic rings. The monoisotopic (exact) mass is 431 g/mol. The number of carbonyl (C=O) groups excluding carboxylic acids is 1. The van der Waals surface area contributed by atoms with Gasteiger partial charge in [0.25, 0.3) is 5.91 Å². The second kappa shape index (κ2) is 9.40. The fourth-order valence-corrected chi connectivity index (χ4v) is 3.82. The first kappa shape index (κ1) is 20.6. The maximum Gasteiger partial charge on any atom is 0.264 e. The van der Waals surface area contributed by atoms with Gasteiger partial charge in [0.15, 0.2) is 5.17 Å². The van der Waals surface area contributed by atoms with Crippen LogP contribution < -0.4 is 20.1 Å². The summed E-state index contributed by atoms with van der Waals surface area (Å²) in [6.45, 7) is 0. The number of para-hydroxylation sites is 1. The molecule has 1 heterocycles. The van der Waals surface area contributed by atoms with Crippen molar-refractivity contribution < 1.29 is 14.3 Å². The Morgan fingerprint density at radius 2 is 1.68 bits per heavy atom. The van der Waals surface area contributed by atoms with Crippen molar-refractivity contribution in [3.05, 3.63) is 83.3 Å². The van der Waals surface area contributed by atoms with Gasteiger partial charge in [-0.15, -0.1) is 0 Å². The molecule has 4 rings (SSSR count). The quantitative estimate of drug-likeness (QED) is 0.516. The van der Waals surface area contributed by atoms with Crippen LogP contribution >= 0.6 is 11.8 Å². The van der Waals surface area contributed by atoms with E-state index in [0.29, 0.717) is 21.6 Å². The van der Waals surface area contributed by atoms with Crippen LogP contribution in [0.1, 0.15) is 5.56 Å². The van der Waals surface area contributed by atoms with E-state index in [9.17, 15) is 4.79 Å². The first-order chi connectivity index (χ1) is 15.1. The van der Waals surface area contributed by atoms with Crippen LogP contribution in [-0.2, 0) is 4.79 Å². The van der Waals surface area contributed by atoms with Crippen LogP contribution in [-0.4, -0.2) is 25.3 Å². The minimum absolute atomic E-state index is 0.191. The zero-order chi connectivity index (χ0) is 21.6. The zero-order valence-corrected chi connectivity index (χ0v) is 17.9. The summed E-state index contributed by atoms with van der Waals surface area (Å²) < 4.78 is 10.6. The number of ether oxygens (including phenoxy) is 2. The molecule has 0 aromatic heterocycles. The number of amidine groups is 1. The van der Waals surface area contributed by atoms with Crippen LogP contribution in [0.5, 0.6) is 11.5 Å². The highest BCUT2D eigenvalue weighted by Crippen LogP contribution is 2.32. The average molecular weight is 432 g/mol. The molecule has 1 amide bonds. The van der Waals surface area contributed by atoms with Crippen molar-refractivity contribution in [2.24, 2.45) is 4.99 Å². The van der Waals surface area contributed by atoms with Crippen LogP contribution in [0.3, 0.4) is 0 Å². The Morgan fingerprint density at radius 3 is 2.39 bits per heavy atom. The SMILES string of the molecule is COc1ccc(/C=C2\SC(=Nc3ccc(Nc4ccccc4)cc3)NC2=O)c(OC)c1. The van der Waals surface area contributed by atoms with Crippen LogP contribution in [0.15, 0.2) is 82.7 Å². The second-order valence-corrected chi connectivity index (χ2v) is 7.66. The molecule has 0 spiro atoms. The molecule has 0 saturated carbocycles. The minimum atomic E-state index is -0.191. The number of aliphatic imine (C=N–C) groups is 1. The van der Waals surface area contributed by atoms with Crippen molar-refractivity contribution in [3.8, 4) is 11.5 Å². The zero-order valence-electron chi connectivity index (χ0n) is 17.1. The van der Waals surface area contributed by atoms with Crippen molar-refractivity contribution in [2.45, 2.75) is 0 Å². The number of thioether (sulfide) groups is 1. The van der Waals surface area contributed by atoms with Gasteiger partial charge in [0, 0.05) is 23.0 Å². The minimum Gasteiger partial charge on any atom is -0.497 e. The maximum atomic E-state index is 12.4. The van der Waals surface area contributed by atoms with Gasteiger partial charge in [-0.3, -0.25) is 4.79 Å². The number of anilines is 2. The van der Waals surface area contributed by atoms with Gasteiger partial charge in [0.05, 0.1) is 24.8 Å². The van der Waals surface area contributed by atoms with E-state index in [4.69, 9.17) is 9.47 Å².